The van der Waals surface area contributed by atoms with Crippen molar-refractivity contribution < 1.29 is 24.1 Å². The van der Waals surface area contributed by atoms with E-state index in [1.54, 1.807) is 0 Å². The molecule has 0 bridgehead atoms. The monoisotopic (exact) mass is 271 g/mol. The molecule has 3 aliphatic rings. The standard InChI is InChI=1S/C13H21NO5/c15-12(16)11-8-17-6-3-14(11)10-1-4-19-13(7-10)2-5-18-9-13/h10-11H,1-9H2,(H,15,16). The Kier molecular flexibility index (Phi) is 3.75. The second kappa shape index (κ2) is 5.36. The number of carboxylic acids is 1. The molecule has 0 aromatic carbocycles. The fourth-order valence-corrected chi connectivity index (χ4v) is 3.41. The van der Waals surface area contributed by atoms with E-state index < -0.39 is 12.0 Å². The van der Waals surface area contributed by atoms with E-state index in [-0.39, 0.29) is 18.2 Å². The Balaban J connectivity index is 1.71. The van der Waals surface area contributed by atoms with Gasteiger partial charge in [-0.05, 0) is 12.8 Å². The summed E-state index contributed by atoms with van der Waals surface area (Å²) in [7, 11) is 0. The second-order valence-electron chi connectivity index (χ2n) is 5.65. The van der Waals surface area contributed by atoms with Gasteiger partial charge < -0.3 is 19.3 Å². The molecule has 6 nitrogen and oxygen atoms in total. The number of aliphatic carboxylic acids is 1. The number of hydrogen-bond donors (Lipinski definition) is 1. The van der Waals surface area contributed by atoms with Crippen LogP contribution in [-0.2, 0) is 19.0 Å². The van der Waals surface area contributed by atoms with Crippen LogP contribution in [0.25, 0.3) is 0 Å². The van der Waals surface area contributed by atoms with Gasteiger partial charge in [0.2, 0.25) is 0 Å². The Labute approximate surface area is 112 Å². The molecule has 108 valence electrons. The number of nitrogens with zero attached hydrogens (tertiary/aromatic N) is 1. The maximum atomic E-state index is 11.3. The molecule has 3 rings (SSSR count). The van der Waals surface area contributed by atoms with Crippen LogP contribution in [-0.4, -0.2) is 73.2 Å². The van der Waals surface area contributed by atoms with Crippen LogP contribution in [0.5, 0.6) is 0 Å². The average molecular weight is 271 g/mol. The van der Waals surface area contributed by atoms with Gasteiger partial charge in [-0.25, -0.2) is 0 Å². The molecule has 3 saturated heterocycles. The Morgan fingerprint density at radius 3 is 2.89 bits per heavy atom. The van der Waals surface area contributed by atoms with Crippen LogP contribution in [0, 0.1) is 0 Å². The van der Waals surface area contributed by atoms with Gasteiger partial charge in [0.15, 0.2) is 0 Å². The number of ether oxygens (including phenoxy) is 3. The predicted molar refractivity (Wildman–Crippen MR) is 66.1 cm³/mol. The van der Waals surface area contributed by atoms with Crippen molar-refractivity contribution >= 4 is 5.97 Å². The molecule has 3 fully saturated rings. The molecule has 3 atom stereocenters. The lowest BCUT2D eigenvalue weighted by Crippen LogP contribution is -2.58. The highest BCUT2D eigenvalue weighted by Gasteiger charge is 2.45. The molecule has 1 spiro atoms. The summed E-state index contributed by atoms with van der Waals surface area (Å²) in [6.45, 7) is 3.68. The lowest BCUT2D eigenvalue weighted by molar-refractivity contribution is -0.159. The fourth-order valence-electron chi connectivity index (χ4n) is 3.41. The van der Waals surface area contributed by atoms with Gasteiger partial charge in [-0.1, -0.05) is 0 Å². The first-order chi connectivity index (χ1) is 9.20. The lowest BCUT2D eigenvalue weighted by atomic mass is 9.88. The second-order valence-corrected chi connectivity index (χ2v) is 5.65. The summed E-state index contributed by atoms with van der Waals surface area (Å²) in [5.74, 6) is -0.789. The number of rotatable bonds is 2. The van der Waals surface area contributed by atoms with E-state index in [0.717, 1.165) is 25.9 Å². The molecule has 1 N–H and O–H groups in total. The number of hydrogen-bond acceptors (Lipinski definition) is 5. The summed E-state index contributed by atoms with van der Waals surface area (Å²) >= 11 is 0. The summed E-state index contributed by atoms with van der Waals surface area (Å²) < 4.78 is 16.7. The highest BCUT2D eigenvalue weighted by Crippen LogP contribution is 2.35. The van der Waals surface area contributed by atoms with Crippen molar-refractivity contribution in [2.75, 3.05) is 39.6 Å². The third-order valence-electron chi connectivity index (χ3n) is 4.46. The van der Waals surface area contributed by atoms with Crippen molar-refractivity contribution in [3.63, 3.8) is 0 Å². The van der Waals surface area contributed by atoms with Crippen molar-refractivity contribution in [3.8, 4) is 0 Å². The summed E-state index contributed by atoms with van der Waals surface area (Å²) in [6.07, 6.45) is 2.69. The van der Waals surface area contributed by atoms with Gasteiger partial charge in [-0.15, -0.1) is 0 Å². The molecule has 19 heavy (non-hydrogen) atoms. The number of carbonyl (C=O) groups is 1. The third-order valence-corrected chi connectivity index (χ3v) is 4.46. The van der Waals surface area contributed by atoms with Crippen LogP contribution < -0.4 is 0 Å². The maximum Gasteiger partial charge on any atom is 0.323 e. The fraction of sp³-hybridized carbons (Fsp3) is 0.923. The highest BCUT2D eigenvalue weighted by atomic mass is 16.6. The van der Waals surface area contributed by atoms with Gasteiger partial charge in [-0.3, -0.25) is 9.69 Å². The van der Waals surface area contributed by atoms with Crippen molar-refractivity contribution in [2.24, 2.45) is 0 Å². The van der Waals surface area contributed by atoms with Gasteiger partial charge in [0.25, 0.3) is 0 Å². The van der Waals surface area contributed by atoms with Gasteiger partial charge in [0.05, 0.1) is 25.4 Å². The largest absolute Gasteiger partial charge is 0.480 e. The Morgan fingerprint density at radius 2 is 2.16 bits per heavy atom. The van der Waals surface area contributed by atoms with E-state index in [1.165, 1.54) is 0 Å². The topological polar surface area (TPSA) is 68.2 Å². The zero-order valence-electron chi connectivity index (χ0n) is 11.0. The molecule has 0 radical (unpaired) electrons. The van der Waals surface area contributed by atoms with Crippen LogP contribution in [0.3, 0.4) is 0 Å². The normalized spacial score (nSPS) is 40.6. The van der Waals surface area contributed by atoms with E-state index in [1.807, 2.05) is 0 Å². The first-order valence-electron chi connectivity index (χ1n) is 6.98. The first kappa shape index (κ1) is 13.3. The van der Waals surface area contributed by atoms with E-state index >= 15 is 0 Å². The Morgan fingerprint density at radius 1 is 1.26 bits per heavy atom. The van der Waals surface area contributed by atoms with Crippen molar-refractivity contribution in [1.82, 2.24) is 4.90 Å². The van der Waals surface area contributed by atoms with Crippen LogP contribution in [0.1, 0.15) is 19.3 Å². The molecular formula is C13H21NO5. The molecule has 3 unspecified atom stereocenters. The maximum absolute atomic E-state index is 11.3. The van der Waals surface area contributed by atoms with Crippen molar-refractivity contribution in [2.45, 2.75) is 36.9 Å². The van der Waals surface area contributed by atoms with Gasteiger partial charge >= 0.3 is 5.97 Å². The lowest BCUT2D eigenvalue weighted by Gasteiger charge is -2.45. The minimum absolute atomic E-state index is 0.176. The summed E-state index contributed by atoms with van der Waals surface area (Å²) in [5, 5.41) is 9.32. The molecule has 3 aliphatic heterocycles. The van der Waals surface area contributed by atoms with Crippen LogP contribution >= 0.6 is 0 Å². The summed E-state index contributed by atoms with van der Waals surface area (Å²) in [5.41, 5.74) is -0.176. The molecular weight excluding hydrogens is 250 g/mol. The molecule has 3 heterocycles. The van der Waals surface area contributed by atoms with E-state index in [0.29, 0.717) is 26.4 Å². The summed E-state index contributed by atoms with van der Waals surface area (Å²) in [6, 6.07) is -0.253. The number of carboxylic acid groups (broad SMARTS) is 1. The zero-order chi connectivity index (χ0) is 13.3. The van der Waals surface area contributed by atoms with E-state index in [4.69, 9.17) is 14.2 Å². The predicted octanol–water partition coefficient (Wildman–Crippen LogP) is 0.110. The molecule has 0 aromatic rings. The quantitative estimate of drug-likeness (QED) is 0.769. The van der Waals surface area contributed by atoms with Crippen molar-refractivity contribution in [1.29, 1.82) is 0 Å². The zero-order valence-corrected chi connectivity index (χ0v) is 11.0. The minimum atomic E-state index is -0.789. The van der Waals surface area contributed by atoms with Gasteiger partial charge in [-0.2, -0.15) is 0 Å². The highest BCUT2D eigenvalue weighted by molar-refractivity contribution is 5.73. The molecule has 0 amide bonds. The molecule has 0 aromatic heterocycles. The van der Waals surface area contributed by atoms with E-state index in [9.17, 15) is 9.90 Å². The average Bonchev–Trinajstić information content (AvgIpc) is 2.86. The van der Waals surface area contributed by atoms with Crippen LogP contribution in [0.15, 0.2) is 0 Å². The van der Waals surface area contributed by atoms with Gasteiger partial charge in [0.1, 0.15) is 6.04 Å². The molecule has 0 aliphatic carbocycles. The third kappa shape index (κ3) is 2.63. The summed E-state index contributed by atoms with van der Waals surface area (Å²) in [4.78, 5) is 13.4. The molecule has 6 heteroatoms. The van der Waals surface area contributed by atoms with Crippen molar-refractivity contribution in [3.05, 3.63) is 0 Å². The van der Waals surface area contributed by atoms with Gasteiger partial charge in [0, 0.05) is 32.2 Å². The first-order valence-corrected chi connectivity index (χ1v) is 6.98. The Bertz CT molecular complexity index is 342. The SMILES string of the molecule is O=C(O)C1COCCN1C1CCOC2(CCOC2)C1. The minimum Gasteiger partial charge on any atom is -0.480 e. The molecule has 0 saturated carbocycles. The van der Waals surface area contributed by atoms with E-state index in [2.05, 4.69) is 4.90 Å². The van der Waals surface area contributed by atoms with Crippen LogP contribution in [0.2, 0.25) is 0 Å². The smallest absolute Gasteiger partial charge is 0.323 e. The number of morpholine rings is 1. The Hall–Kier alpha value is -0.690. The van der Waals surface area contributed by atoms with Crippen LogP contribution in [0.4, 0.5) is 0 Å².